The topological polar surface area (TPSA) is 80.7 Å². The number of aromatic nitrogens is 1. The highest BCUT2D eigenvalue weighted by molar-refractivity contribution is 5.73. The lowest BCUT2D eigenvalue weighted by Crippen LogP contribution is -2.23. The van der Waals surface area contributed by atoms with Crippen LogP contribution in [0.15, 0.2) is 67.0 Å². The molecule has 1 aromatic heterocycles. The second-order valence-corrected chi connectivity index (χ2v) is 9.09. The van der Waals surface area contributed by atoms with E-state index in [1.807, 2.05) is 30.3 Å². The number of nitrogens with zero attached hydrogens (tertiary/aromatic N) is 1. The zero-order valence-corrected chi connectivity index (χ0v) is 20.3. The Morgan fingerprint density at radius 3 is 2.54 bits per heavy atom. The van der Waals surface area contributed by atoms with Gasteiger partial charge in [0.25, 0.3) is 0 Å². The van der Waals surface area contributed by atoms with Crippen molar-refractivity contribution in [3.8, 4) is 22.6 Å². The summed E-state index contributed by atoms with van der Waals surface area (Å²) in [7, 11) is 0. The summed E-state index contributed by atoms with van der Waals surface area (Å²) in [5, 5.41) is 13.5. The maximum absolute atomic E-state index is 11.6. The Kier molecular flexibility index (Phi) is 8.87. The van der Waals surface area contributed by atoms with Crippen molar-refractivity contribution < 1.29 is 19.4 Å². The fourth-order valence-electron chi connectivity index (χ4n) is 4.41. The number of pyridine rings is 1. The van der Waals surface area contributed by atoms with Crippen LogP contribution in [0.3, 0.4) is 0 Å². The van der Waals surface area contributed by atoms with Crippen molar-refractivity contribution in [1.82, 2.24) is 10.3 Å². The first-order valence-electron chi connectivity index (χ1n) is 12.5. The van der Waals surface area contributed by atoms with E-state index >= 15 is 0 Å². The number of esters is 1. The Hall–Kier alpha value is -3.22. The lowest BCUT2D eigenvalue weighted by Gasteiger charge is -2.24. The van der Waals surface area contributed by atoms with E-state index in [-0.39, 0.29) is 12.1 Å². The van der Waals surface area contributed by atoms with E-state index in [0.717, 1.165) is 42.5 Å². The summed E-state index contributed by atoms with van der Waals surface area (Å²) in [5.41, 5.74) is 4.13. The van der Waals surface area contributed by atoms with E-state index in [4.69, 9.17) is 9.47 Å². The van der Waals surface area contributed by atoms with Gasteiger partial charge in [-0.25, -0.2) is 0 Å². The number of carbonyl (C=O) groups excluding carboxylic acids is 1. The lowest BCUT2D eigenvalue weighted by molar-refractivity contribution is -0.132. The molecule has 0 saturated heterocycles. The third-order valence-corrected chi connectivity index (χ3v) is 6.33. The fourth-order valence-corrected chi connectivity index (χ4v) is 4.41. The summed E-state index contributed by atoms with van der Waals surface area (Å²) in [6.07, 6.45) is 9.52. The van der Waals surface area contributed by atoms with E-state index in [1.54, 1.807) is 12.4 Å². The number of nitrogens with one attached hydrogen (secondary N) is 1. The van der Waals surface area contributed by atoms with Gasteiger partial charge in [0.1, 0.15) is 0 Å². The average Bonchev–Trinajstić information content (AvgIpc) is 2.89. The Morgan fingerprint density at radius 2 is 1.83 bits per heavy atom. The predicted molar refractivity (Wildman–Crippen MR) is 136 cm³/mol. The van der Waals surface area contributed by atoms with Crippen LogP contribution in [0.2, 0.25) is 0 Å². The molecule has 3 aromatic rings. The molecular weight excluding hydrogens is 440 g/mol. The van der Waals surface area contributed by atoms with Gasteiger partial charge >= 0.3 is 5.97 Å². The van der Waals surface area contributed by atoms with Gasteiger partial charge in [0.2, 0.25) is 0 Å². The van der Waals surface area contributed by atoms with Gasteiger partial charge in [-0.3, -0.25) is 9.78 Å². The van der Waals surface area contributed by atoms with Gasteiger partial charge < -0.3 is 19.9 Å². The van der Waals surface area contributed by atoms with Crippen LogP contribution < -0.4 is 14.8 Å². The van der Waals surface area contributed by atoms with Gasteiger partial charge in [0, 0.05) is 31.4 Å². The maximum Gasteiger partial charge on any atom is 0.308 e. The van der Waals surface area contributed by atoms with Crippen molar-refractivity contribution in [3.63, 3.8) is 0 Å². The van der Waals surface area contributed by atoms with Crippen LogP contribution >= 0.6 is 0 Å². The maximum atomic E-state index is 11.6. The van der Waals surface area contributed by atoms with E-state index in [2.05, 4.69) is 34.6 Å². The van der Waals surface area contributed by atoms with Gasteiger partial charge in [-0.1, -0.05) is 42.8 Å². The average molecular weight is 475 g/mol. The van der Waals surface area contributed by atoms with Gasteiger partial charge in [-0.15, -0.1) is 0 Å². The molecule has 1 aliphatic carbocycles. The number of hydrogen-bond donors (Lipinski definition) is 2. The molecule has 0 aliphatic heterocycles. The lowest BCUT2D eigenvalue weighted by atomic mass is 9.97. The quantitative estimate of drug-likeness (QED) is 0.237. The number of rotatable bonds is 10. The number of aliphatic hydroxyl groups is 1. The zero-order chi connectivity index (χ0) is 24.5. The molecule has 2 aromatic carbocycles. The highest BCUT2D eigenvalue weighted by Crippen LogP contribution is 2.35. The number of benzene rings is 2. The third kappa shape index (κ3) is 7.38. The van der Waals surface area contributed by atoms with Crippen LogP contribution in [0.25, 0.3) is 11.1 Å². The molecule has 2 N–H and O–H groups in total. The second-order valence-electron chi connectivity index (χ2n) is 9.09. The van der Waals surface area contributed by atoms with Crippen LogP contribution in [0.5, 0.6) is 11.5 Å². The Balaban J connectivity index is 1.35. The summed E-state index contributed by atoms with van der Waals surface area (Å²) in [6.45, 7) is 2.67. The molecule has 1 aliphatic rings. The van der Waals surface area contributed by atoms with Gasteiger partial charge in [0.15, 0.2) is 11.5 Å². The Morgan fingerprint density at radius 1 is 1.06 bits per heavy atom. The summed E-state index contributed by atoms with van der Waals surface area (Å²) >= 11 is 0. The monoisotopic (exact) mass is 474 g/mol. The van der Waals surface area contributed by atoms with E-state index in [9.17, 15) is 9.90 Å². The minimum atomic E-state index is -0.564. The highest BCUT2D eigenvalue weighted by Gasteiger charge is 2.18. The second kappa shape index (κ2) is 12.5. The van der Waals surface area contributed by atoms with E-state index in [1.165, 1.54) is 31.7 Å². The molecule has 184 valence electrons. The Bertz CT molecular complexity index is 1080. The van der Waals surface area contributed by atoms with Crippen molar-refractivity contribution in [2.45, 2.75) is 57.7 Å². The van der Waals surface area contributed by atoms with Gasteiger partial charge in [-0.05, 0) is 73.5 Å². The van der Waals surface area contributed by atoms with Crippen LogP contribution in [0, 0.1) is 0 Å². The molecule has 4 rings (SSSR count). The summed E-state index contributed by atoms with van der Waals surface area (Å²) in [6, 6.07) is 17.9. The highest BCUT2D eigenvalue weighted by atomic mass is 16.6. The van der Waals surface area contributed by atoms with Crippen molar-refractivity contribution in [2.24, 2.45) is 0 Å². The number of carbonyl (C=O) groups is 1. The molecule has 1 heterocycles. The first-order valence-corrected chi connectivity index (χ1v) is 12.5. The zero-order valence-electron chi connectivity index (χ0n) is 20.3. The first kappa shape index (κ1) is 24.9. The van der Waals surface area contributed by atoms with Crippen molar-refractivity contribution in [1.29, 1.82) is 0 Å². The molecule has 0 spiro atoms. The number of hydrogen-bond acceptors (Lipinski definition) is 6. The molecule has 0 radical (unpaired) electrons. The molecule has 1 saturated carbocycles. The van der Waals surface area contributed by atoms with Crippen LogP contribution in [0.4, 0.5) is 0 Å². The van der Waals surface area contributed by atoms with E-state index < -0.39 is 6.10 Å². The molecule has 0 amide bonds. The van der Waals surface area contributed by atoms with Gasteiger partial charge in [0.05, 0.1) is 12.2 Å². The van der Waals surface area contributed by atoms with Crippen LogP contribution in [0.1, 0.15) is 56.3 Å². The van der Waals surface area contributed by atoms with Crippen molar-refractivity contribution >= 4 is 5.97 Å². The molecule has 6 nitrogen and oxygen atoms in total. The number of ether oxygens (including phenoxy) is 2. The third-order valence-electron chi connectivity index (χ3n) is 6.33. The minimum absolute atomic E-state index is 0.167. The molecule has 0 bridgehead atoms. The molecule has 1 atom stereocenters. The molecule has 0 unspecified atom stereocenters. The Labute approximate surface area is 207 Å². The summed E-state index contributed by atoms with van der Waals surface area (Å²) in [4.78, 5) is 15.6. The number of aliphatic hydroxyl groups excluding tert-OH is 1. The molecular formula is C29H34N2O4. The SMILES string of the molecule is CC(=O)Oc1ccc(-c2ccc(CCNC[C@@H](O)c3cccnc3)cc2)cc1OC1CCCCC1. The fraction of sp³-hybridized carbons (Fsp3) is 0.379. The molecule has 6 heteroatoms. The minimum Gasteiger partial charge on any atom is -0.486 e. The van der Waals surface area contributed by atoms with Crippen molar-refractivity contribution in [2.75, 3.05) is 13.1 Å². The predicted octanol–water partition coefficient (Wildman–Crippen LogP) is 5.25. The smallest absolute Gasteiger partial charge is 0.308 e. The standard InChI is InChI=1S/C29H34N2O4/c1-21(32)34-28-14-13-24(18-29(28)35-26-7-3-2-4-8-26)23-11-9-22(10-12-23)15-17-31-20-27(33)25-6-5-16-30-19-25/h5-6,9-14,16,18-19,26-27,31,33H,2-4,7-8,15,17,20H2,1H3/t27-/m1/s1. The first-order chi connectivity index (χ1) is 17.1. The normalized spacial score (nSPS) is 14.9. The van der Waals surface area contributed by atoms with Crippen molar-refractivity contribution in [3.05, 3.63) is 78.1 Å². The van der Waals surface area contributed by atoms with Gasteiger partial charge in [-0.2, -0.15) is 0 Å². The van der Waals surface area contributed by atoms with E-state index in [0.29, 0.717) is 18.0 Å². The molecule has 1 fully saturated rings. The molecule has 35 heavy (non-hydrogen) atoms. The summed E-state index contributed by atoms with van der Waals surface area (Å²) in [5.74, 6) is 0.755. The summed E-state index contributed by atoms with van der Waals surface area (Å²) < 4.78 is 11.7. The van der Waals surface area contributed by atoms with Crippen LogP contribution in [-0.2, 0) is 11.2 Å². The van der Waals surface area contributed by atoms with Crippen LogP contribution in [-0.4, -0.2) is 35.3 Å². The largest absolute Gasteiger partial charge is 0.486 e.